The van der Waals surface area contributed by atoms with Crippen molar-refractivity contribution in [2.75, 3.05) is 6.54 Å². The summed E-state index contributed by atoms with van der Waals surface area (Å²) in [6, 6.07) is 8.95. The smallest absolute Gasteiger partial charge is 0.390 e. The number of hydrogen-bond acceptors (Lipinski definition) is 8. The number of rotatable bonds is 9. The van der Waals surface area contributed by atoms with Crippen LogP contribution in [0.4, 0.5) is 11.5 Å². The molecule has 2 aromatic heterocycles. The van der Waals surface area contributed by atoms with E-state index in [1.165, 1.54) is 35.0 Å². The van der Waals surface area contributed by atoms with Crippen molar-refractivity contribution in [2.24, 2.45) is 0 Å². The molecule has 0 unspecified atom stereocenters. The molecule has 1 N–H and O–H groups in total. The summed E-state index contributed by atoms with van der Waals surface area (Å²) < 4.78 is 12.3. The zero-order chi connectivity index (χ0) is 22.5. The molecule has 0 bridgehead atoms. The number of aromatic nitrogens is 2. The number of amides is 1. The summed E-state index contributed by atoms with van der Waals surface area (Å²) in [7, 11) is 0. The number of benzene rings is 1. The third-order valence-corrected chi connectivity index (χ3v) is 4.33. The predicted molar refractivity (Wildman–Crippen MR) is 107 cm³/mol. The molecular weight excluding hydrogens is 410 g/mol. The highest BCUT2D eigenvalue weighted by atomic mass is 16.6. The van der Waals surface area contributed by atoms with Crippen molar-refractivity contribution in [2.45, 2.75) is 27.0 Å². The van der Waals surface area contributed by atoms with Crippen molar-refractivity contribution in [1.82, 2.24) is 15.1 Å². The van der Waals surface area contributed by atoms with Crippen LogP contribution >= 0.6 is 0 Å². The Bertz CT molecular complexity index is 1130. The topological polar surface area (TPSA) is 156 Å². The maximum Gasteiger partial charge on any atom is 0.390 e. The molecule has 1 aromatic carbocycles. The van der Waals surface area contributed by atoms with Crippen LogP contribution < -0.4 is 10.1 Å². The highest BCUT2D eigenvalue weighted by Crippen LogP contribution is 2.28. The van der Waals surface area contributed by atoms with Gasteiger partial charge in [0, 0.05) is 12.6 Å². The lowest BCUT2D eigenvalue weighted by Crippen LogP contribution is -2.27. The van der Waals surface area contributed by atoms with Crippen LogP contribution in [0.1, 0.15) is 27.6 Å². The Kier molecular flexibility index (Phi) is 6.29. The predicted octanol–water partition coefficient (Wildman–Crippen LogP) is 2.92. The summed E-state index contributed by atoms with van der Waals surface area (Å²) in [6.45, 7) is 3.76. The Balaban J connectivity index is 1.54. The van der Waals surface area contributed by atoms with Crippen LogP contribution in [-0.4, -0.2) is 32.1 Å². The lowest BCUT2D eigenvalue weighted by atomic mass is 10.2. The van der Waals surface area contributed by atoms with Gasteiger partial charge in [0.2, 0.25) is 0 Å². The Hall–Kier alpha value is -4.22. The summed E-state index contributed by atoms with van der Waals surface area (Å²) in [5.74, 6) is -0.277. The Morgan fingerprint density at radius 2 is 1.94 bits per heavy atom. The largest absolute Gasteiger partial charge is 0.479 e. The number of nitrogens with one attached hydrogen (secondary N) is 1. The molecular formula is C19H19N5O7. The summed E-state index contributed by atoms with van der Waals surface area (Å²) in [5.41, 5.74) is 1.18. The normalized spacial score (nSPS) is 10.6. The Morgan fingerprint density at radius 3 is 2.61 bits per heavy atom. The summed E-state index contributed by atoms with van der Waals surface area (Å²) in [5, 5.41) is 28.4. The van der Waals surface area contributed by atoms with E-state index in [1.807, 2.05) is 0 Å². The zero-order valence-electron chi connectivity index (χ0n) is 16.7. The minimum Gasteiger partial charge on any atom is -0.479 e. The SMILES string of the molecule is Cc1ccc(OCc2ccc(C(=O)NCCn3nc([N+](=O)[O-])cc3C)o2)c([N+](=O)[O-])c1. The van der Waals surface area contributed by atoms with Gasteiger partial charge in [0.05, 0.1) is 28.3 Å². The van der Waals surface area contributed by atoms with Crippen LogP contribution in [0.15, 0.2) is 40.8 Å². The lowest BCUT2D eigenvalue weighted by Gasteiger charge is -2.06. The quantitative estimate of drug-likeness (QED) is 0.402. The number of nitro benzene ring substituents is 1. The van der Waals surface area contributed by atoms with Gasteiger partial charge in [-0.1, -0.05) is 6.07 Å². The van der Waals surface area contributed by atoms with Gasteiger partial charge >= 0.3 is 11.5 Å². The molecule has 2 heterocycles. The second kappa shape index (κ2) is 9.07. The second-order valence-corrected chi connectivity index (χ2v) is 6.66. The van der Waals surface area contributed by atoms with E-state index < -0.39 is 15.8 Å². The summed E-state index contributed by atoms with van der Waals surface area (Å²) >= 11 is 0. The molecule has 162 valence electrons. The van der Waals surface area contributed by atoms with Gasteiger partial charge in [0.1, 0.15) is 12.4 Å². The molecule has 0 fully saturated rings. The highest BCUT2D eigenvalue weighted by Gasteiger charge is 2.18. The number of ether oxygens (including phenoxy) is 1. The number of hydrogen-bond donors (Lipinski definition) is 1. The minimum absolute atomic E-state index is 0.0418. The van der Waals surface area contributed by atoms with Gasteiger partial charge in [-0.05, 0) is 42.5 Å². The number of nitrogens with zero attached hydrogens (tertiary/aromatic N) is 4. The fourth-order valence-corrected chi connectivity index (χ4v) is 2.79. The lowest BCUT2D eigenvalue weighted by molar-refractivity contribution is -0.389. The van der Waals surface area contributed by atoms with Crippen molar-refractivity contribution < 1.29 is 23.8 Å². The van der Waals surface area contributed by atoms with Crippen molar-refractivity contribution >= 4 is 17.4 Å². The standard InChI is InChI=1S/C19H19N5O7/c1-12-3-5-16(15(9-12)23(26)27)30-11-14-4-6-17(31-14)19(25)20-7-8-22-13(2)10-18(21-22)24(28)29/h3-6,9-10H,7-8,11H2,1-2H3,(H,20,25). The molecule has 1 amide bonds. The maximum absolute atomic E-state index is 12.2. The molecule has 0 radical (unpaired) electrons. The zero-order valence-corrected chi connectivity index (χ0v) is 16.7. The van der Waals surface area contributed by atoms with E-state index in [0.717, 1.165) is 5.56 Å². The third-order valence-electron chi connectivity index (χ3n) is 4.33. The number of nitro groups is 2. The van der Waals surface area contributed by atoms with Gasteiger partial charge in [-0.3, -0.25) is 14.9 Å². The molecule has 12 nitrogen and oxygen atoms in total. The van der Waals surface area contributed by atoms with Gasteiger partial charge in [-0.25, -0.2) is 0 Å². The molecule has 3 aromatic rings. The van der Waals surface area contributed by atoms with Crippen LogP contribution in [0.25, 0.3) is 0 Å². The average molecular weight is 429 g/mol. The van der Waals surface area contributed by atoms with Crippen molar-refractivity contribution in [3.05, 3.63) is 79.4 Å². The molecule has 0 aliphatic rings. The van der Waals surface area contributed by atoms with E-state index in [-0.39, 0.29) is 42.7 Å². The third kappa shape index (κ3) is 5.23. The van der Waals surface area contributed by atoms with Crippen LogP contribution in [0, 0.1) is 34.1 Å². The van der Waals surface area contributed by atoms with Gasteiger partial charge in [-0.2, -0.15) is 4.68 Å². The Labute approximate surface area is 175 Å². The van der Waals surface area contributed by atoms with Crippen molar-refractivity contribution in [3.8, 4) is 5.75 Å². The molecule has 0 aliphatic heterocycles. The monoisotopic (exact) mass is 429 g/mol. The van der Waals surface area contributed by atoms with Gasteiger partial charge in [-0.15, -0.1) is 0 Å². The van der Waals surface area contributed by atoms with Gasteiger partial charge < -0.3 is 24.6 Å². The minimum atomic E-state index is -0.584. The number of carbonyl (C=O) groups is 1. The first-order valence-corrected chi connectivity index (χ1v) is 9.18. The maximum atomic E-state index is 12.2. The molecule has 0 saturated carbocycles. The van der Waals surface area contributed by atoms with E-state index in [2.05, 4.69) is 10.4 Å². The molecule has 31 heavy (non-hydrogen) atoms. The number of aryl methyl sites for hydroxylation is 2. The summed E-state index contributed by atoms with van der Waals surface area (Å²) in [4.78, 5) is 33.0. The molecule has 0 saturated heterocycles. The van der Waals surface area contributed by atoms with Crippen molar-refractivity contribution in [1.29, 1.82) is 0 Å². The first kappa shape index (κ1) is 21.5. The van der Waals surface area contributed by atoms with Gasteiger partial charge in [0.25, 0.3) is 5.91 Å². The number of furan rings is 1. The van der Waals surface area contributed by atoms with Crippen molar-refractivity contribution in [3.63, 3.8) is 0 Å². The van der Waals surface area contributed by atoms with Crippen LogP contribution in [0.2, 0.25) is 0 Å². The van der Waals surface area contributed by atoms with E-state index >= 15 is 0 Å². The molecule has 0 atom stereocenters. The molecule has 0 spiro atoms. The fraction of sp³-hybridized carbons (Fsp3) is 0.263. The van der Waals surface area contributed by atoms with Gasteiger partial charge in [0.15, 0.2) is 11.5 Å². The van der Waals surface area contributed by atoms with E-state index in [9.17, 15) is 25.0 Å². The second-order valence-electron chi connectivity index (χ2n) is 6.66. The van der Waals surface area contributed by atoms with E-state index in [1.54, 1.807) is 19.9 Å². The average Bonchev–Trinajstić information content (AvgIpc) is 3.34. The van der Waals surface area contributed by atoms with Crippen LogP contribution in [0.3, 0.4) is 0 Å². The van der Waals surface area contributed by atoms with Crippen LogP contribution in [0.5, 0.6) is 5.75 Å². The summed E-state index contributed by atoms with van der Waals surface area (Å²) in [6.07, 6.45) is 0. The first-order valence-electron chi connectivity index (χ1n) is 9.18. The fourth-order valence-electron chi connectivity index (χ4n) is 2.79. The Morgan fingerprint density at radius 1 is 1.16 bits per heavy atom. The van der Waals surface area contributed by atoms with E-state index in [0.29, 0.717) is 11.5 Å². The molecule has 12 heteroatoms. The molecule has 0 aliphatic carbocycles. The van der Waals surface area contributed by atoms with Crippen LogP contribution in [-0.2, 0) is 13.2 Å². The first-order chi connectivity index (χ1) is 14.7. The van der Waals surface area contributed by atoms with E-state index in [4.69, 9.17) is 9.15 Å². The number of carbonyl (C=O) groups excluding carboxylic acids is 1. The highest BCUT2D eigenvalue weighted by molar-refractivity contribution is 5.91. The molecule has 3 rings (SSSR count).